The van der Waals surface area contributed by atoms with E-state index in [1.807, 2.05) is 0 Å². The van der Waals surface area contributed by atoms with E-state index in [4.69, 9.17) is 15.9 Å². The molecule has 194 valence electrons. The molecule has 0 aromatic carbocycles. The molecular formula is C21H36N4O9. The minimum atomic E-state index is -1.46. The molecule has 4 unspecified atom stereocenters. The van der Waals surface area contributed by atoms with Crippen molar-refractivity contribution in [3.63, 3.8) is 0 Å². The van der Waals surface area contributed by atoms with E-state index in [1.165, 1.54) is 0 Å². The molecule has 0 aliphatic carbocycles. The van der Waals surface area contributed by atoms with Gasteiger partial charge in [0, 0.05) is 6.42 Å². The largest absolute Gasteiger partial charge is 0.481 e. The molecule has 0 aromatic heterocycles. The lowest BCUT2D eigenvalue weighted by molar-refractivity contribution is -0.143. The fourth-order valence-electron chi connectivity index (χ4n) is 3.04. The highest BCUT2D eigenvalue weighted by Gasteiger charge is 2.31. The maximum absolute atomic E-state index is 12.9. The Hall–Kier alpha value is -3.22. The number of rotatable bonds is 16. The Balaban J connectivity index is 5.52. The van der Waals surface area contributed by atoms with Crippen molar-refractivity contribution in [2.75, 3.05) is 0 Å². The summed E-state index contributed by atoms with van der Waals surface area (Å²) in [6.07, 6.45) is -1.13. The first kappa shape index (κ1) is 30.8. The highest BCUT2D eigenvalue weighted by molar-refractivity contribution is 5.94. The molecule has 8 N–H and O–H groups in total. The zero-order valence-corrected chi connectivity index (χ0v) is 19.9. The Morgan fingerprint density at radius 1 is 0.676 bits per heavy atom. The predicted molar refractivity (Wildman–Crippen MR) is 119 cm³/mol. The number of amides is 3. The topological polar surface area (TPSA) is 225 Å². The first-order valence-electron chi connectivity index (χ1n) is 11.0. The van der Waals surface area contributed by atoms with Gasteiger partial charge in [0.2, 0.25) is 17.7 Å². The molecule has 0 saturated carbocycles. The Morgan fingerprint density at radius 2 is 1.09 bits per heavy atom. The number of carbonyl (C=O) groups is 6. The number of nitrogens with two attached hydrogens (primary N) is 1. The third-order valence-electron chi connectivity index (χ3n) is 4.67. The number of carboxylic acids is 3. The van der Waals surface area contributed by atoms with E-state index in [-0.39, 0.29) is 31.1 Å². The lowest BCUT2D eigenvalue weighted by Gasteiger charge is -2.26. The van der Waals surface area contributed by atoms with Crippen molar-refractivity contribution in [3.8, 4) is 0 Å². The fourth-order valence-corrected chi connectivity index (χ4v) is 3.04. The van der Waals surface area contributed by atoms with Gasteiger partial charge in [-0.15, -0.1) is 0 Å². The normalized spacial score (nSPS) is 14.6. The third kappa shape index (κ3) is 12.7. The number of aliphatic carboxylic acids is 3. The monoisotopic (exact) mass is 488 g/mol. The maximum Gasteiger partial charge on any atom is 0.326 e. The predicted octanol–water partition coefficient (Wildman–Crippen LogP) is -0.716. The van der Waals surface area contributed by atoms with Crippen LogP contribution in [0.2, 0.25) is 0 Å². The smallest absolute Gasteiger partial charge is 0.326 e. The number of carbonyl (C=O) groups excluding carboxylic acids is 3. The molecule has 0 fully saturated rings. The van der Waals surface area contributed by atoms with Gasteiger partial charge in [-0.25, -0.2) is 4.79 Å². The first-order chi connectivity index (χ1) is 15.6. The standard InChI is InChI=1S/C21H36N4O9/c1-10(2)7-14(24-18(30)12(22)9-17(28)29)20(32)25-15(8-11(3)4)19(31)23-13(21(33)34)5-6-16(26)27/h10-15H,5-9,22H2,1-4H3,(H,23,31)(H,24,30)(H,25,32)(H,26,27)(H,28,29)(H,33,34). The number of nitrogens with one attached hydrogen (secondary N) is 3. The molecule has 4 atom stereocenters. The van der Waals surface area contributed by atoms with Crippen LogP contribution in [0.15, 0.2) is 0 Å². The van der Waals surface area contributed by atoms with Gasteiger partial charge >= 0.3 is 17.9 Å². The van der Waals surface area contributed by atoms with Crippen molar-refractivity contribution < 1.29 is 44.1 Å². The van der Waals surface area contributed by atoms with E-state index < -0.39 is 72.6 Å². The minimum absolute atomic E-state index is 0.0588. The average molecular weight is 489 g/mol. The lowest BCUT2D eigenvalue weighted by Crippen LogP contribution is -2.57. The van der Waals surface area contributed by atoms with Crippen LogP contribution in [0, 0.1) is 11.8 Å². The van der Waals surface area contributed by atoms with E-state index in [0.717, 1.165) is 0 Å². The molecule has 13 heteroatoms. The van der Waals surface area contributed by atoms with Crippen LogP contribution in [-0.2, 0) is 28.8 Å². The molecular weight excluding hydrogens is 452 g/mol. The van der Waals surface area contributed by atoms with Gasteiger partial charge in [0.1, 0.15) is 18.1 Å². The molecule has 0 aromatic rings. The molecule has 0 bridgehead atoms. The summed E-state index contributed by atoms with van der Waals surface area (Å²) in [5.74, 6) is -6.43. The Labute approximate surface area is 197 Å². The van der Waals surface area contributed by atoms with Crippen LogP contribution in [0.5, 0.6) is 0 Å². The van der Waals surface area contributed by atoms with Crippen LogP contribution in [0.1, 0.15) is 59.8 Å². The zero-order valence-electron chi connectivity index (χ0n) is 19.9. The summed E-state index contributed by atoms with van der Waals surface area (Å²) in [6, 6.07) is -5.11. The fraction of sp³-hybridized carbons (Fsp3) is 0.714. The van der Waals surface area contributed by atoms with E-state index in [9.17, 15) is 33.9 Å². The molecule has 0 rings (SSSR count). The Kier molecular flexibility index (Phi) is 13.4. The van der Waals surface area contributed by atoms with E-state index in [1.54, 1.807) is 27.7 Å². The summed E-state index contributed by atoms with van der Waals surface area (Å²) in [7, 11) is 0. The Bertz CT molecular complexity index is 755. The van der Waals surface area contributed by atoms with Gasteiger partial charge < -0.3 is 37.0 Å². The zero-order chi connectivity index (χ0) is 26.6. The van der Waals surface area contributed by atoms with Gasteiger partial charge in [-0.3, -0.25) is 24.0 Å². The average Bonchev–Trinajstić information content (AvgIpc) is 2.68. The van der Waals surface area contributed by atoms with Gasteiger partial charge in [-0.2, -0.15) is 0 Å². The van der Waals surface area contributed by atoms with Crippen LogP contribution in [-0.4, -0.2) is 75.1 Å². The van der Waals surface area contributed by atoms with Crippen LogP contribution >= 0.6 is 0 Å². The summed E-state index contributed by atoms with van der Waals surface area (Å²) in [5, 5.41) is 34.1. The molecule has 0 radical (unpaired) electrons. The molecule has 34 heavy (non-hydrogen) atoms. The van der Waals surface area contributed by atoms with Crippen molar-refractivity contribution in [2.45, 2.75) is 84.0 Å². The van der Waals surface area contributed by atoms with Gasteiger partial charge in [0.15, 0.2) is 0 Å². The highest BCUT2D eigenvalue weighted by atomic mass is 16.4. The second-order valence-corrected chi connectivity index (χ2v) is 8.92. The van der Waals surface area contributed by atoms with Crippen LogP contribution in [0.25, 0.3) is 0 Å². The van der Waals surface area contributed by atoms with Crippen molar-refractivity contribution in [2.24, 2.45) is 17.6 Å². The molecule has 0 aliphatic rings. The summed E-state index contributed by atoms with van der Waals surface area (Å²) >= 11 is 0. The van der Waals surface area contributed by atoms with Gasteiger partial charge in [-0.1, -0.05) is 27.7 Å². The van der Waals surface area contributed by atoms with Crippen molar-refractivity contribution in [3.05, 3.63) is 0 Å². The molecule has 0 saturated heterocycles. The van der Waals surface area contributed by atoms with Crippen LogP contribution in [0.3, 0.4) is 0 Å². The van der Waals surface area contributed by atoms with Gasteiger partial charge in [0.25, 0.3) is 0 Å². The minimum Gasteiger partial charge on any atom is -0.481 e. The van der Waals surface area contributed by atoms with Gasteiger partial charge in [-0.05, 0) is 31.1 Å². The third-order valence-corrected chi connectivity index (χ3v) is 4.67. The summed E-state index contributed by atoms with van der Waals surface area (Å²) in [4.78, 5) is 70.9. The molecule has 0 aliphatic heterocycles. The van der Waals surface area contributed by atoms with Gasteiger partial charge in [0.05, 0.1) is 12.5 Å². The Morgan fingerprint density at radius 3 is 1.44 bits per heavy atom. The van der Waals surface area contributed by atoms with E-state index in [0.29, 0.717) is 0 Å². The summed E-state index contributed by atoms with van der Waals surface area (Å²) in [5.41, 5.74) is 5.56. The molecule has 0 spiro atoms. The quantitative estimate of drug-likeness (QED) is 0.144. The van der Waals surface area contributed by atoms with E-state index >= 15 is 0 Å². The molecule has 3 amide bonds. The molecule has 0 heterocycles. The van der Waals surface area contributed by atoms with Crippen molar-refractivity contribution in [1.29, 1.82) is 0 Å². The summed E-state index contributed by atoms with van der Waals surface area (Å²) in [6.45, 7) is 7.15. The lowest BCUT2D eigenvalue weighted by atomic mass is 9.99. The number of hydrogen-bond acceptors (Lipinski definition) is 7. The van der Waals surface area contributed by atoms with Crippen molar-refractivity contribution >= 4 is 35.6 Å². The second kappa shape index (κ2) is 14.8. The van der Waals surface area contributed by atoms with Crippen molar-refractivity contribution in [1.82, 2.24) is 16.0 Å². The second-order valence-electron chi connectivity index (χ2n) is 8.92. The van der Waals surface area contributed by atoms with E-state index in [2.05, 4.69) is 16.0 Å². The first-order valence-corrected chi connectivity index (χ1v) is 11.0. The van der Waals surface area contributed by atoms with Crippen LogP contribution in [0.4, 0.5) is 0 Å². The number of carboxylic acid groups (broad SMARTS) is 3. The van der Waals surface area contributed by atoms with Crippen LogP contribution < -0.4 is 21.7 Å². The summed E-state index contributed by atoms with van der Waals surface area (Å²) < 4.78 is 0. The SMILES string of the molecule is CC(C)CC(NC(=O)C(N)CC(=O)O)C(=O)NC(CC(C)C)C(=O)NC(CCC(=O)O)C(=O)O. The number of hydrogen-bond donors (Lipinski definition) is 7. The molecule has 13 nitrogen and oxygen atoms in total. The highest BCUT2D eigenvalue weighted by Crippen LogP contribution is 2.10. The maximum atomic E-state index is 12.9.